The zero-order valence-corrected chi connectivity index (χ0v) is 8.80. The highest BCUT2D eigenvalue weighted by molar-refractivity contribution is 5.32. The molecule has 0 aromatic rings. The first-order valence-corrected chi connectivity index (χ1v) is 5.56. The lowest BCUT2D eigenvalue weighted by Gasteiger charge is -2.23. The number of nitrogens with zero attached hydrogens (tertiary/aromatic N) is 1. The summed E-state index contributed by atoms with van der Waals surface area (Å²) in [6, 6.07) is 0. The predicted molar refractivity (Wildman–Crippen MR) is 57.9 cm³/mol. The van der Waals surface area contributed by atoms with Crippen LogP contribution in [0.15, 0.2) is 17.1 Å². The van der Waals surface area contributed by atoms with E-state index in [1.807, 2.05) is 0 Å². The van der Waals surface area contributed by atoms with Crippen molar-refractivity contribution in [1.29, 1.82) is 0 Å². The number of carbonyl (C=O) groups excluding carboxylic acids is 1. The van der Waals surface area contributed by atoms with E-state index in [9.17, 15) is 4.79 Å². The van der Waals surface area contributed by atoms with Crippen molar-refractivity contribution in [3.05, 3.63) is 12.2 Å². The molecule has 78 valence electrons. The van der Waals surface area contributed by atoms with Crippen LogP contribution in [0.4, 0.5) is 0 Å². The Morgan fingerprint density at radius 1 is 1.36 bits per heavy atom. The average Bonchev–Trinajstić information content (AvgIpc) is 2.25. The van der Waals surface area contributed by atoms with Gasteiger partial charge in [0.25, 0.3) is 0 Å². The first kappa shape index (κ1) is 11.2. The molecule has 1 saturated carbocycles. The molecule has 0 heterocycles. The smallest absolute Gasteiger partial charge is 0.211 e. The van der Waals surface area contributed by atoms with E-state index in [1.165, 1.54) is 37.7 Å². The van der Waals surface area contributed by atoms with Gasteiger partial charge in [-0.1, -0.05) is 31.4 Å². The summed E-state index contributed by atoms with van der Waals surface area (Å²) in [6.45, 7) is 4.74. The SMILES string of the molecule is C=C(CCCN=C=O)C1CCCCC1. The van der Waals surface area contributed by atoms with E-state index in [1.54, 1.807) is 6.08 Å². The van der Waals surface area contributed by atoms with Crippen LogP contribution >= 0.6 is 0 Å². The minimum atomic E-state index is 0.606. The molecule has 0 amide bonds. The molecule has 0 saturated heterocycles. The highest BCUT2D eigenvalue weighted by atomic mass is 16.1. The van der Waals surface area contributed by atoms with Crippen LogP contribution in [-0.2, 0) is 4.79 Å². The summed E-state index contributed by atoms with van der Waals surface area (Å²) in [5.41, 5.74) is 1.37. The number of hydrogen-bond acceptors (Lipinski definition) is 2. The van der Waals surface area contributed by atoms with Crippen LogP contribution in [-0.4, -0.2) is 12.6 Å². The number of hydrogen-bond donors (Lipinski definition) is 0. The monoisotopic (exact) mass is 193 g/mol. The molecule has 1 fully saturated rings. The molecule has 2 heteroatoms. The van der Waals surface area contributed by atoms with Crippen LogP contribution in [0.1, 0.15) is 44.9 Å². The van der Waals surface area contributed by atoms with Crippen LogP contribution in [0.25, 0.3) is 0 Å². The van der Waals surface area contributed by atoms with Gasteiger partial charge in [0.2, 0.25) is 6.08 Å². The normalized spacial score (nSPS) is 17.4. The molecule has 14 heavy (non-hydrogen) atoms. The molecule has 0 bridgehead atoms. The topological polar surface area (TPSA) is 29.4 Å². The molecule has 1 aliphatic rings. The van der Waals surface area contributed by atoms with Gasteiger partial charge in [0.1, 0.15) is 0 Å². The lowest BCUT2D eigenvalue weighted by Crippen LogP contribution is -2.08. The van der Waals surface area contributed by atoms with Crippen molar-refractivity contribution in [2.24, 2.45) is 10.9 Å². The molecule has 0 atom stereocenters. The van der Waals surface area contributed by atoms with Crippen molar-refractivity contribution >= 4 is 6.08 Å². The van der Waals surface area contributed by atoms with E-state index in [-0.39, 0.29) is 0 Å². The molecule has 0 spiro atoms. The molecule has 0 aliphatic heterocycles. The fourth-order valence-electron chi connectivity index (χ4n) is 2.15. The van der Waals surface area contributed by atoms with Gasteiger partial charge < -0.3 is 0 Å². The highest BCUT2D eigenvalue weighted by Crippen LogP contribution is 2.30. The van der Waals surface area contributed by atoms with Gasteiger partial charge in [-0.25, -0.2) is 9.79 Å². The highest BCUT2D eigenvalue weighted by Gasteiger charge is 2.15. The summed E-state index contributed by atoms with van der Waals surface area (Å²) in [6.07, 6.45) is 10.3. The minimum absolute atomic E-state index is 0.606. The second kappa shape index (κ2) is 6.56. The van der Waals surface area contributed by atoms with E-state index in [0.717, 1.165) is 18.8 Å². The second-order valence-electron chi connectivity index (χ2n) is 4.07. The molecule has 0 aromatic carbocycles. The lowest BCUT2D eigenvalue weighted by atomic mass is 9.83. The van der Waals surface area contributed by atoms with Crippen LogP contribution in [0.5, 0.6) is 0 Å². The van der Waals surface area contributed by atoms with Gasteiger partial charge in [-0.3, -0.25) is 0 Å². The summed E-state index contributed by atoms with van der Waals surface area (Å²) >= 11 is 0. The Morgan fingerprint density at radius 2 is 2.07 bits per heavy atom. The van der Waals surface area contributed by atoms with E-state index in [2.05, 4.69) is 11.6 Å². The van der Waals surface area contributed by atoms with E-state index in [0.29, 0.717) is 6.54 Å². The second-order valence-corrected chi connectivity index (χ2v) is 4.07. The van der Waals surface area contributed by atoms with Crippen LogP contribution in [0.3, 0.4) is 0 Å². The summed E-state index contributed by atoms with van der Waals surface area (Å²) in [5.74, 6) is 0.740. The van der Waals surface area contributed by atoms with Crippen molar-refractivity contribution in [2.75, 3.05) is 6.54 Å². The molecule has 0 radical (unpaired) electrons. The van der Waals surface area contributed by atoms with Crippen molar-refractivity contribution in [3.8, 4) is 0 Å². The van der Waals surface area contributed by atoms with Crippen molar-refractivity contribution < 1.29 is 4.79 Å². The van der Waals surface area contributed by atoms with Crippen molar-refractivity contribution in [3.63, 3.8) is 0 Å². The van der Waals surface area contributed by atoms with E-state index >= 15 is 0 Å². The van der Waals surface area contributed by atoms with Crippen LogP contribution in [0, 0.1) is 5.92 Å². The Kier molecular flexibility index (Phi) is 5.24. The third kappa shape index (κ3) is 3.89. The Hall–Kier alpha value is -0.880. The Morgan fingerprint density at radius 3 is 2.71 bits per heavy atom. The fourth-order valence-corrected chi connectivity index (χ4v) is 2.15. The standard InChI is InChI=1S/C12H19NO/c1-11(6-5-9-13-10-14)12-7-3-2-4-8-12/h12H,1-9H2. The van der Waals surface area contributed by atoms with Crippen molar-refractivity contribution in [2.45, 2.75) is 44.9 Å². The number of aliphatic imine (C=N–C) groups is 1. The number of allylic oxidation sites excluding steroid dienone is 1. The van der Waals surface area contributed by atoms with E-state index in [4.69, 9.17) is 0 Å². The Bertz CT molecular complexity index is 222. The molecule has 1 rings (SSSR count). The molecular formula is C12H19NO. The number of rotatable bonds is 5. The fraction of sp³-hybridized carbons (Fsp3) is 0.750. The third-order valence-electron chi connectivity index (χ3n) is 3.01. The minimum Gasteiger partial charge on any atom is -0.211 e. The molecular weight excluding hydrogens is 174 g/mol. The molecule has 0 aromatic heterocycles. The zero-order chi connectivity index (χ0) is 10.2. The molecule has 2 nitrogen and oxygen atoms in total. The van der Waals surface area contributed by atoms with Gasteiger partial charge >= 0.3 is 0 Å². The maximum Gasteiger partial charge on any atom is 0.234 e. The largest absolute Gasteiger partial charge is 0.234 e. The summed E-state index contributed by atoms with van der Waals surface area (Å²) < 4.78 is 0. The van der Waals surface area contributed by atoms with Gasteiger partial charge in [-0.15, -0.1) is 0 Å². The molecule has 0 N–H and O–H groups in total. The predicted octanol–water partition coefficient (Wildman–Crippen LogP) is 3.24. The Labute approximate surface area is 86.1 Å². The first-order chi connectivity index (χ1) is 6.84. The molecule has 1 aliphatic carbocycles. The number of isocyanates is 1. The summed E-state index contributed by atoms with van der Waals surface area (Å²) in [7, 11) is 0. The van der Waals surface area contributed by atoms with Crippen LogP contribution < -0.4 is 0 Å². The van der Waals surface area contributed by atoms with Gasteiger partial charge in [0.05, 0.1) is 6.54 Å². The van der Waals surface area contributed by atoms with Gasteiger partial charge in [-0.05, 0) is 31.6 Å². The Balaban J connectivity index is 2.16. The van der Waals surface area contributed by atoms with Gasteiger partial charge in [0.15, 0.2) is 0 Å². The van der Waals surface area contributed by atoms with Crippen molar-refractivity contribution in [1.82, 2.24) is 0 Å². The summed E-state index contributed by atoms with van der Waals surface area (Å²) in [4.78, 5) is 13.4. The van der Waals surface area contributed by atoms with Gasteiger partial charge in [-0.2, -0.15) is 0 Å². The van der Waals surface area contributed by atoms with E-state index < -0.39 is 0 Å². The maximum absolute atomic E-state index is 9.84. The first-order valence-electron chi connectivity index (χ1n) is 5.56. The van der Waals surface area contributed by atoms with Crippen LogP contribution in [0.2, 0.25) is 0 Å². The third-order valence-corrected chi connectivity index (χ3v) is 3.01. The maximum atomic E-state index is 9.84. The zero-order valence-electron chi connectivity index (χ0n) is 8.80. The lowest BCUT2D eigenvalue weighted by molar-refractivity contribution is 0.394. The average molecular weight is 193 g/mol. The van der Waals surface area contributed by atoms with Gasteiger partial charge in [0, 0.05) is 0 Å². The molecule has 0 unspecified atom stereocenters. The quantitative estimate of drug-likeness (QED) is 0.285. The summed E-state index contributed by atoms with van der Waals surface area (Å²) in [5, 5.41) is 0.